The Morgan fingerprint density at radius 2 is 1.12 bits per heavy atom. The van der Waals surface area contributed by atoms with Gasteiger partial charge in [-0.15, -0.1) is 0 Å². The molecule has 0 saturated carbocycles. The van der Waals surface area contributed by atoms with Gasteiger partial charge in [0.1, 0.15) is 23.6 Å². The number of nitrogens with zero attached hydrogens (tertiary/aromatic N) is 4. The highest BCUT2D eigenvalue weighted by molar-refractivity contribution is 6.38. The van der Waals surface area contributed by atoms with E-state index in [-0.39, 0.29) is 48.6 Å². The lowest BCUT2D eigenvalue weighted by atomic mass is 10.0. The summed E-state index contributed by atoms with van der Waals surface area (Å²) in [6.07, 6.45) is -1.31. The summed E-state index contributed by atoms with van der Waals surface area (Å²) in [4.78, 5) is 52.6. The number of benzene rings is 2. The molecular formula is C30H32N4O8. The third-order valence-corrected chi connectivity index (χ3v) is 7.32. The van der Waals surface area contributed by atoms with E-state index in [4.69, 9.17) is 18.9 Å². The van der Waals surface area contributed by atoms with Crippen molar-refractivity contribution in [3.05, 3.63) is 59.7 Å². The summed E-state index contributed by atoms with van der Waals surface area (Å²) < 4.78 is 22.3. The van der Waals surface area contributed by atoms with Crippen molar-refractivity contribution < 1.29 is 38.1 Å². The molecule has 0 spiro atoms. The fraction of sp³-hybridized carbons (Fsp3) is 0.400. The van der Waals surface area contributed by atoms with Crippen LogP contribution in [0.3, 0.4) is 0 Å². The number of hydrazone groups is 2. The van der Waals surface area contributed by atoms with Crippen LogP contribution in [-0.4, -0.2) is 72.8 Å². The summed E-state index contributed by atoms with van der Waals surface area (Å²) >= 11 is 0. The molecule has 2 aromatic carbocycles. The van der Waals surface area contributed by atoms with Crippen LogP contribution in [0.1, 0.15) is 61.3 Å². The molecule has 0 saturated heterocycles. The van der Waals surface area contributed by atoms with Gasteiger partial charge in [0.05, 0.1) is 47.8 Å². The molecule has 3 heterocycles. The first-order chi connectivity index (χ1) is 20.2. The standard InChI is InChI=1S/C30H32N4O8/c1-5-39-29(37)21-15-25-17(3)41-28(36)20-12-8-10-14-24(20)34-26(16-22(32-34)30(38)40-6-2)18(4)42-27(35)19-11-7-9-13-23(19)33(25)31-21/h7-14,17-18,25-26H,5-6,15-16H2,1-4H3/t17-,18+,25-,26+. The average Bonchev–Trinajstić information content (AvgIpc) is 3.63. The van der Waals surface area contributed by atoms with Gasteiger partial charge in [0, 0.05) is 12.8 Å². The second-order valence-corrected chi connectivity index (χ2v) is 10.0. The number of hydrogen-bond donors (Lipinski definition) is 0. The van der Waals surface area contributed by atoms with E-state index in [9.17, 15) is 19.2 Å². The minimum atomic E-state index is -0.778. The molecule has 4 atom stereocenters. The van der Waals surface area contributed by atoms with E-state index < -0.39 is 48.2 Å². The van der Waals surface area contributed by atoms with Crippen LogP contribution in [-0.2, 0) is 28.5 Å². The molecule has 0 amide bonds. The summed E-state index contributed by atoms with van der Waals surface area (Å²) in [5.74, 6) is -2.43. The van der Waals surface area contributed by atoms with Gasteiger partial charge in [-0.3, -0.25) is 10.0 Å². The molecule has 0 radical (unpaired) electrons. The number of cyclic esters (lactones) is 2. The molecule has 0 N–H and O–H groups in total. The number of carbonyl (C=O) groups excluding carboxylic acids is 4. The van der Waals surface area contributed by atoms with E-state index in [0.717, 1.165) is 0 Å². The number of fused-ring (bicyclic) bond motifs is 6. The topological polar surface area (TPSA) is 136 Å². The Hall–Kier alpha value is -4.74. The minimum Gasteiger partial charge on any atom is -0.461 e. The third-order valence-electron chi connectivity index (χ3n) is 7.32. The van der Waals surface area contributed by atoms with E-state index in [1.165, 1.54) is 10.0 Å². The SMILES string of the molecule is CCOC(=O)C1=NN2c3ccccc3C(=O)O[C@@H](C)[C@@H]3CC(C(=O)OCC)=NN3c3ccccc3C(=O)O[C@H](C)[C@H]2C1. The third kappa shape index (κ3) is 5.44. The number of carbonyl (C=O) groups is 4. The van der Waals surface area contributed by atoms with Crippen molar-refractivity contribution in [2.45, 2.75) is 64.8 Å². The summed E-state index contributed by atoms with van der Waals surface area (Å²) in [5, 5.41) is 12.1. The first-order valence-electron chi connectivity index (χ1n) is 13.9. The molecular weight excluding hydrogens is 544 g/mol. The van der Waals surface area contributed by atoms with Crippen molar-refractivity contribution in [2.75, 3.05) is 23.2 Å². The predicted octanol–water partition coefficient (Wildman–Crippen LogP) is 3.49. The van der Waals surface area contributed by atoms with Crippen molar-refractivity contribution in [3.8, 4) is 0 Å². The zero-order chi connectivity index (χ0) is 30.0. The molecule has 5 rings (SSSR count). The number of anilines is 2. The normalized spacial score (nSPS) is 23.6. The van der Waals surface area contributed by atoms with Gasteiger partial charge in [-0.25, -0.2) is 19.2 Å². The zero-order valence-corrected chi connectivity index (χ0v) is 23.8. The van der Waals surface area contributed by atoms with Crippen molar-refractivity contribution in [1.82, 2.24) is 0 Å². The second kappa shape index (κ2) is 12.0. The quantitative estimate of drug-likeness (QED) is 0.393. The Kier molecular flexibility index (Phi) is 8.23. The number of rotatable bonds is 4. The smallest absolute Gasteiger partial charge is 0.354 e. The lowest BCUT2D eigenvalue weighted by Crippen LogP contribution is -2.42. The Morgan fingerprint density at radius 3 is 1.50 bits per heavy atom. The highest BCUT2D eigenvalue weighted by atomic mass is 16.6. The number of hydrogen-bond acceptors (Lipinski definition) is 12. The van der Waals surface area contributed by atoms with Gasteiger partial charge in [-0.1, -0.05) is 24.3 Å². The van der Waals surface area contributed by atoms with Crippen LogP contribution in [0.15, 0.2) is 58.7 Å². The second-order valence-electron chi connectivity index (χ2n) is 10.0. The van der Waals surface area contributed by atoms with Gasteiger partial charge in [-0.05, 0) is 52.0 Å². The van der Waals surface area contributed by atoms with Crippen LogP contribution < -0.4 is 10.0 Å². The fourth-order valence-electron chi connectivity index (χ4n) is 5.24. The Balaban J connectivity index is 1.61. The van der Waals surface area contributed by atoms with Crippen LogP contribution in [0.4, 0.5) is 11.4 Å². The first-order valence-corrected chi connectivity index (χ1v) is 13.9. The lowest BCUT2D eigenvalue weighted by Gasteiger charge is -2.32. The first kappa shape index (κ1) is 28.8. The van der Waals surface area contributed by atoms with Gasteiger partial charge < -0.3 is 18.9 Å². The van der Waals surface area contributed by atoms with E-state index in [0.29, 0.717) is 11.4 Å². The van der Waals surface area contributed by atoms with Gasteiger partial charge in [0.2, 0.25) is 0 Å². The van der Waals surface area contributed by atoms with E-state index in [1.54, 1.807) is 76.2 Å². The van der Waals surface area contributed by atoms with E-state index in [2.05, 4.69) is 10.2 Å². The Labute approximate surface area is 242 Å². The summed E-state index contributed by atoms with van der Waals surface area (Å²) in [6, 6.07) is 12.2. The molecule has 2 aromatic rings. The molecule has 3 aliphatic rings. The Morgan fingerprint density at radius 1 is 0.738 bits per heavy atom. The van der Waals surface area contributed by atoms with Crippen molar-refractivity contribution in [3.63, 3.8) is 0 Å². The number of ether oxygens (including phenoxy) is 4. The molecule has 3 aliphatic heterocycles. The molecule has 0 unspecified atom stereocenters. The highest BCUT2D eigenvalue weighted by Crippen LogP contribution is 2.35. The monoisotopic (exact) mass is 576 g/mol. The molecule has 0 bridgehead atoms. The van der Waals surface area contributed by atoms with Crippen molar-refractivity contribution >= 4 is 46.7 Å². The van der Waals surface area contributed by atoms with Crippen molar-refractivity contribution in [1.29, 1.82) is 0 Å². The van der Waals surface area contributed by atoms with Crippen LogP contribution in [0, 0.1) is 0 Å². The van der Waals surface area contributed by atoms with Crippen LogP contribution in [0.2, 0.25) is 0 Å². The summed E-state index contributed by atoms with van der Waals surface area (Å²) in [7, 11) is 0. The molecule has 0 fully saturated rings. The average molecular weight is 577 g/mol. The lowest BCUT2D eigenvalue weighted by molar-refractivity contribution is -0.136. The molecule has 220 valence electrons. The van der Waals surface area contributed by atoms with Crippen LogP contribution in [0.5, 0.6) is 0 Å². The van der Waals surface area contributed by atoms with Gasteiger partial charge in [0.25, 0.3) is 0 Å². The molecule has 0 aliphatic carbocycles. The summed E-state index contributed by atoms with van der Waals surface area (Å²) in [5.41, 5.74) is 1.46. The van der Waals surface area contributed by atoms with Crippen LogP contribution >= 0.6 is 0 Å². The maximum absolute atomic E-state index is 13.7. The Bertz CT molecular complexity index is 1360. The van der Waals surface area contributed by atoms with Crippen LogP contribution in [0.25, 0.3) is 0 Å². The molecule has 42 heavy (non-hydrogen) atoms. The van der Waals surface area contributed by atoms with Gasteiger partial charge in [0.15, 0.2) is 0 Å². The molecule has 0 aromatic heterocycles. The van der Waals surface area contributed by atoms with Crippen molar-refractivity contribution in [2.24, 2.45) is 10.2 Å². The van der Waals surface area contributed by atoms with E-state index >= 15 is 0 Å². The number of esters is 4. The van der Waals surface area contributed by atoms with Gasteiger partial charge in [-0.2, -0.15) is 10.2 Å². The molecule has 12 nitrogen and oxygen atoms in total. The largest absolute Gasteiger partial charge is 0.461 e. The summed E-state index contributed by atoms with van der Waals surface area (Å²) in [6.45, 7) is 7.14. The maximum atomic E-state index is 13.7. The fourth-order valence-corrected chi connectivity index (χ4v) is 5.24. The minimum absolute atomic E-state index is 0.121. The number of para-hydroxylation sites is 2. The highest BCUT2D eigenvalue weighted by Gasteiger charge is 2.42. The van der Waals surface area contributed by atoms with E-state index in [1.807, 2.05) is 0 Å². The van der Waals surface area contributed by atoms with Gasteiger partial charge >= 0.3 is 23.9 Å². The predicted molar refractivity (Wildman–Crippen MR) is 153 cm³/mol. The molecule has 12 heteroatoms. The zero-order valence-electron chi connectivity index (χ0n) is 23.8. The maximum Gasteiger partial charge on any atom is 0.354 e.